The fourth-order valence-corrected chi connectivity index (χ4v) is 6.87. The Morgan fingerprint density at radius 2 is 1.96 bits per heavy atom. The van der Waals surface area contributed by atoms with E-state index in [4.69, 9.17) is 0 Å². The van der Waals surface area contributed by atoms with Gasteiger partial charge in [-0.25, -0.2) is 8.42 Å². The highest BCUT2D eigenvalue weighted by Gasteiger charge is 2.33. The predicted molar refractivity (Wildman–Crippen MR) is 116 cm³/mol. The van der Waals surface area contributed by atoms with Crippen LogP contribution in [0.15, 0.2) is 44.4 Å². The van der Waals surface area contributed by atoms with Crippen LogP contribution in [0.2, 0.25) is 0 Å². The maximum atomic E-state index is 12.8. The molecule has 1 aliphatic rings. The molecule has 1 aromatic heterocycles. The molecule has 2 heterocycles. The number of carbonyl (C=O) groups is 1. The Bertz CT molecular complexity index is 926. The van der Waals surface area contributed by atoms with E-state index in [-0.39, 0.29) is 18.4 Å². The molecule has 0 saturated carbocycles. The van der Waals surface area contributed by atoms with Gasteiger partial charge in [-0.05, 0) is 58.6 Å². The standard InChI is InChI=1S/C19H24BrN3O3S2/c1-22(2)16-7-5-14(6-8-16)12-21-19(24)15-4-3-11-23(13-15)28(25,26)18-10-9-17(20)27-18/h5-10,15H,3-4,11-13H2,1-2H3,(H,21,24). The van der Waals surface area contributed by atoms with Crippen LogP contribution in [0.4, 0.5) is 5.69 Å². The SMILES string of the molecule is CN(C)c1ccc(CNC(=O)C2CCCN(S(=O)(=O)c3ccc(Br)s3)C2)cc1. The topological polar surface area (TPSA) is 69.7 Å². The molecule has 1 saturated heterocycles. The van der Waals surface area contributed by atoms with Crippen molar-refractivity contribution in [3.05, 3.63) is 45.7 Å². The Morgan fingerprint density at radius 1 is 1.25 bits per heavy atom. The number of hydrogen-bond acceptors (Lipinski definition) is 5. The minimum absolute atomic E-state index is 0.0936. The second-order valence-corrected chi connectivity index (χ2v) is 11.7. The van der Waals surface area contributed by atoms with Crippen molar-refractivity contribution in [2.24, 2.45) is 5.92 Å². The van der Waals surface area contributed by atoms with Gasteiger partial charge in [0.1, 0.15) is 4.21 Å². The van der Waals surface area contributed by atoms with E-state index < -0.39 is 10.0 Å². The number of rotatable bonds is 6. The first kappa shape index (κ1) is 21.3. The van der Waals surface area contributed by atoms with Gasteiger partial charge in [-0.1, -0.05) is 12.1 Å². The molecule has 6 nitrogen and oxygen atoms in total. The van der Waals surface area contributed by atoms with E-state index in [9.17, 15) is 13.2 Å². The van der Waals surface area contributed by atoms with Gasteiger partial charge in [0.05, 0.1) is 9.70 Å². The van der Waals surface area contributed by atoms with Gasteiger partial charge in [0.15, 0.2) is 0 Å². The molecule has 28 heavy (non-hydrogen) atoms. The molecule has 2 aromatic rings. The molecule has 1 aromatic carbocycles. The summed E-state index contributed by atoms with van der Waals surface area (Å²) < 4.78 is 28.1. The van der Waals surface area contributed by atoms with Gasteiger partial charge in [-0.3, -0.25) is 4.79 Å². The number of nitrogens with zero attached hydrogens (tertiary/aromatic N) is 2. The molecule has 0 spiro atoms. The summed E-state index contributed by atoms with van der Waals surface area (Å²) in [6.45, 7) is 1.12. The Kier molecular flexibility index (Phi) is 6.80. The highest BCUT2D eigenvalue weighted by Crippen LogP contribution is 2.30. The maximum Gasteiger partial charge on any atom is 0.252 e. The highest BCUT2D eigenvalue weighted by molar-refractivity contribution is 9.11. The van der Waals surface area contributed by atoms with E-state index in [1.807, 2.05) is 43.3 Å². The summed E-state index contributed by atoms with van der Waals surface area (Å²) in [5, 5.41) is 2.95. The summed E-state index contributed by atoms with van der Waals surface area (Å²) in [5.41, 5.74) is 2.12. The molecule has 1 N–H and O–H groups in total. The third kappa shape index (κ3) is 4.94. The van der Waals surface area contributed by atoms with Crippen LogP contribution in [0.25, 0.3) is 0 Å². The van der Waals surface area contributed by atoms with Crippen molar-refractivity contribution in [1.29, 1.82) is 0 Å². The van der Waals surface area contributed by atoms with Gasteiger partial charge in [-0.15, -0.1) is 11.3 Å². The summed E-state index contributed by atoms with van der Waals surface area (Å²) in [5.74, 6) is -0.420. The number of thiophene rings is 1. The van der Waals surface area contributed by atoms with Crippen molar-refractivity contribution in [2.45, 2.75) is 23.6 Å². The molecule has 0 bridgehead atoms. The van der Waals surface area contributed by atoms with Crippen molar-refractivity contribution < 1.29 is 13.2 Å². The van der Waals surface area contributed by atoms with Gasteiger partial charge in [0, 0.05) is 39.4 Å². The first-order valence-corrected chi connectivity index (χ1v) is 12.1. The first-order valence-electron chi connectivity index (χ1n) is 9.07. The molecule has 1 aliphatic heterocycles. The lowest BCUT2D eigenvalue weighted by atomic mass is 9.99. The van der Waals surface area contributed by atoms with Crippen LogP contribution >= 0.6 is 27.3 Å². The van der Waals surface area contributed by atoms with Crippen molar-refractivity contribution in [3.63, 3.8) is 0 Å². The number of benzene rings is 1. The number of sulfonamides is 1. The predicted octanol–water partition coefficient (Wildman–Crippen LogP) is 3.29. The molecular weight excluding hydrogens is 462 g/mol. The Balaban J connectivity index is 1.59. The molecular formula is C19H24BrN3O3S2. The van der Waals surface area contributed by atoms with E-state index in [0.29, 0.717) is 30.1 Å². The quantitative estimate of drug-likeness (QED) is 0.681. The van der Waals surface area contributed by atoms with E-state index in [2.05, 4.69) is 21.2 Å². The van der Waals surface area contributed by atoms with Crippen LogP contribution in [0.5, 0.6) is 0 Å². The molecule has 3 rings (SSSR count). The van der Waals surface area contributed by atoms with E-state index in [1.165, 1.54) is 15.6 Å². The number of hydrogen-bond donors (Lipinski definition) is 1. The minimum Gasteiger partial charge on any atom is -0.378 e. The van der Waals surface area contributed by atoms with E-state index in [0.717, 1.165) is 15.0 Å². The number of carbonyl (C=O) groups excluding carboxylic acids is 1. The Hall–Kier alpha value is -1.42. The van der Waals surface area contributed by atoms with Crippen molar-refractivity contribution in [3.8, 4) is 0 Å². The fraction of sp³-hybridized carbons (Fsp3) is 0.421. The Morgan fingerprint density at radius 3 is 2.57 bits per heavy atom. The maximum absolute atomic E-state index is 12.8. The molecule has 0 radical (unpaired) electrons. The van der Waals surface area contributed by atoms with Gasteiger partial charge in [0.25, 0.3) is 10.0 Å². The van der Waals surface area contributed by atoms with Gasteiger partial charge in [-0.2, -0.15) is 4.31 Å². The summed E-state index contributed by atoms with van der Waals surface area (Å²) in [4.78, 5) is 14.6. The van der Waals surface area contributed by atoms with Crippen LogP contribution in [-0.4, -0.2) is 45.8 Å². The number of anilines is 1. The van der Waals surface area contributed by atoms with Gasteiger partial charge >= 0.3 is 0 Å². The molecule has 9 heteroatoms. The monoisotopic (exact) mass is 485 g/mol. The normalized spacial score (nSPS) is 18.0. The van der Waals surface area contributed by atoms with Gasteiger partial charge < -0.3 is 10.2 Å². The van der Waals surface area contributed by atoms with Crippen LogP contribution < -0.4 is 10.2 Å². The lowest BCUT2D eigenvalue weighted by molar-refractivity contribution is -0.126. The first-order chi connectivity index (χ1) is 13.3. The molecule has 0 aliphatic carbocycles. The Labute approximate surface area is 178 Å². The van der Waals surface area contributed by atoms with E-state index >= 15 is 0 Å². The molecule has 1 unspecified atom stereocenters. The summed E-state index contributed by atoms with van der Waals surface area (Å²) in [6.07, 6.45) is 1.38. The second-order valence-electron chi connectivity index (χ2n) is 7.04. The third-order valence-electron chi connectivity index (χ3n) is 4.82. The fourth-order valence-electron chi connectivity index (χ4n) is 3.18. The number of halogens is 1. The number of amides is 1. The third-order valence-corrected chi connectivity index (χ3v) is 8.77. The molecule has 152 valence electrons. The molecule has 1 atom stereocenters. The van der Waals surface area contributed by atoms with Crippen molar-refractivity contribution in [2.75, 3.05) is 32.1 Å². The lowest BCUT2D eigenvalue weighted by Crippen LogP contribution is -2.45. The average Bonchev–Trinajstić information content (AvgIpc) is 3.13. The summed E-state index contributed by atoms with van der Waals surface area (Å²) in [6, 6.07) is 11.3. The summed E-state index contributed by atoms with van der Waals surface area (Å²) in [7, 11) is 0.411. The van der Waals surface area contributed by atoms with Crippen molar-refractivity contribution >= 4 is 48.9 Å². The van der Waals surface area contributed by atoms with Crippen LogP contribution in [0, 0.1) is 5.92 Å². The zero-order valence-corrected chi connectivity index (χ0v) is 19.1. The molecule has 1 fully saturated rings. The second kappa shape index (κ2) is 8.94. The van der Waals surface area contributed by atoms with E-state index in [1.54, 1.807) is 12.1 Å². The summed E-state index contributed by atoms with van der Waals surface area (Å²) >= 11 is 4.50. The van der Waals surface area contributed by atoms with Crippen molar-refractivity contribution in [1.82, 2.24) is 9.62 Å². The zero-order valence-electron chi connectivity index (χ0n) is 15.9. The van der Waals surface area contributed by atoms with Crippen LogP contribution in [0.1, 0.15) is 18.4 Å². The zero-order chi connectivity index (χ0) is 20.3. The highest BCUT2D eigenvalue weighted by atomic mass is 79.9. The van der Waals surface area contributed by atoms with Crippen LogP contribution in [-0.2, 0) is 21.4 Å². The minimum atomic E-state index is -3.55. The lowest BCUT2D eigenvalue weighted by Gasteiger charge is -2.30. The van der Waals surface area contributed by atoms with Crippen LogP contribution in [0.3, 0.4) is 0 Å². The number of nitrogens with one attached hydrogen (secondary N) is 1. The average molecular weight is 486 g/mol. The smallest absolute Gasteiger partial charge is 0.252 e. The number of piperidine rings is 1. The molecule has 1 amide bonds. The largest absolute Gasteiger partial charge is 0.378 e. The van der Waals surface area contributed by atoms with Gasteiger partial charge in [0.2, 0.25) is 5.91 Å².